The highest BCUT2D eigenvalue weighted by Gasteiger charge is 2.47. The molecule has 2 aromatic rings. The van der Waals surface area contributed by atoms with E-state index < -0.39 is 12.2 Å². The van der Waals surface area contributed by atoms with Crippen molar-refractivity contribution in [2.75, 3.05) is 6.54 Å². The average Bonchev–Trinajstić information content (AvgIpc) is 2.98. The Balaban J connectivity index is 2.08. The van der Waals surface area contributed by atoms with E-state index in [1.807, 2.05) is 24.3 Å². The number of aryl methyl sites for hydroxylation is 1. The van der Waals surface area contributed by atoms with E-state index in [1.165, 1.54) is 6.07 Å². The van der Waals surface area contributed by atoms with Gasteiger partial charge in [0.25, 0.3) is 0 Å². The fourth-order valence-corrected chi connectivity index (χ4v) is 3.33. The van der Waals surface area contributed by atoms with E-state index in [2.05, 4.69) is 12.3 Å². The fraction of sp³-hybridized carbons (Fsp3) is 0.421. The first-order valence-electron chi connectivity index (χ1n) is 8.54. The second kappa shape index (κ2) is 7.04. The summed E-state index contributed by atoms with van der Waals surface area (Å²) in [6.07, 6.45) is -1.52. The van der Waals surface area contributed by atoms with Crippen molar-refractivity contribution in [3.05, 3.63) is 47.5 Å². The third-order valence-corrected chi connectivity index (χ3v) is 4.56. The van der Waals surface area contributed by atoms with Crippen LogP contribution in [-0.2, 0) is 11.2 Å². The minimum atomic E-state index is -4.48. The van der Waals surface area contributed by atoms with Crippen molar-refractivity contribution in [1.82, 2.24) is 10.4 Å². The SMILES string of the molecule is CCCCc1ccc2cccc([C@H](N3CCC(=O)N3)C(F)(F)F)c2c1. The Morgan fingerprint density at radius 2 is 2.04 bits per heavy atom. The molecule has 2 aromatic carbocycles. The maximum absolute atomic E-state index is 13.8. The number of carbonyl (C=O) groups is 1. The molecule has 0 aromatic heterocycles. The van der Waals surface area contributed by atoms with Crippen LogP contribution in [0.4, 0.5) is 13.2 Å². The van der Waals surface area contributed by atoms with E-state index in [1.54, 1.807) is 6.07 Å². The number of benzene rings is 2. The lowest BCUT2D eigenvalue weighted by Gasteiger charge is -2.30. The minimum Gasteiger partial charge on any atom is -0.288 e. The molecule has 6 heteroatoms. The van der Waals surface area contributed by atoms with Crippen LogP contribution in [0.25, 0.3) is 10.8 Å². The Morgan fingerprint density at radius 1 is 1.24 bits per heavy atom. The van der Waals surface area contributed by atoms with Crippen LogP contribution in [0.1, 0.15) is 43.4 Å². The Hall–Kier alpha value is -2.08. The number of fused-ring (bicyclic) bond motifs is 1. The van der Waals surface area contributed by atoms with Crippen molar-refractivity contribution in [3.63, 3.8) is 0 Å². The largest absolute Gasteiger partial charge is 0.409 e. The molecule has 0 spiro atoms. The van der Waals surface area contributed by atoms with Gasteiger partial charge in [-0.2, -0.15) is 13.2 Å². The zero-order valence-electron chi connectivity index (χ0n) is 14.1. The van der Waals surface area contributed by atoms with Crippen molar-refractivity contribution in [3.8, 4) is 0 Å². The molecule has 0 saturated carbocycles. The molecular formula is C19H21F3N2O. The second-order valence-electron chi connectivity index (χ2n) is 6.43. The number of carbonyl (C=O) groups excluding carboxylic acids is 1. The zero-order valence-corrected chi connectivity index (χ0v) is 14.1. The number of nitrogens with zero attached hydrogens (tertiary/aromatic N) is 1. The predicted octanol–water partition coefficient (Wildman–Crippen LogP) is 4.52. The number of unbranched alkanes of at least 4 members (excludes halogenated alkanes) is 1. The second-order valence-corrected chi connectivity index (χ2v) is 6.43. The Labute approximate surface area is 144 Å². The van der Waals surface area contributed by atoms with Crippen molar-refractivity contribution in [2.24, 2.45) is 0 Å². The lowest BCUT2D eigenvalue weighted by molar-refractivity contribution is -0.190. The van der Waals surface area contributed by atoms with Crippen LogP contribution in [0.3, 0.4) is 0 Å². The number of hydrazine groups is 1. The van der Waals surface area contributed by atoms with Gasteiger partial charge in [0.2, 0.25) is 5.91 Å². The summed E-state index contributed by atoms with van der Waals surface area (Å²) < 4.78 is 41.5. The van der Waals surface area contributed by atoms with E-state index >= 15 is 0 Å². The Bertz CT molecular complexity index is 773. The van der Waals surface area contributed by atoms with Crippen LogP contribution >= 0.6 is 0 Å². The number of rotatable bonds is 5. The highest BCUT2D eigenvalue weighted by molar-refractivity contribution is 5.87. The van der Waals surface area contributed by atoms with Gasteiger partial charge >= 0.3 is 6.18 Å². The summed E-state index contributed by atoms with van der Waals surface area (Å²) in [7, 11) is 0. The minimum absolute atomic E-state index is 0.0505. The number of nitrogens with one attached hydrogen (secondary N) is 1. The first-order chi connectivity index (χ1) is 11.9. The zero-order chi connectivity index (χ0) is 18.0. The van der Waals surface area contributed by atoms with Crippen molar-refractivity contribution >= 4 is 16.7 Å². The summed E-state index contributed by atoms with van der Waals surface area (Å²) in [5, 5.41) is 2.38. The molecule has 0 aliphatic carbocycles. The molecule has 1 atom stereocenters. The number of alkyl halides is 3. The van der Waals surface area contributed by atoms with Gasteiger partial charge in [0.15, 0.2) is 6.04 Å². The van der Waals surface area contributed by atoms with Gasteiger partial charge < -0.3 is 0 Å². The first-order valence-corrected chi connectivity index (χ1v) is 8.54. The predicted molar refractivity (Wildman–Crippen MR) is 90.8 cm³/mol. The van der Waals surface area contributed by atoms with Crippen LogP contribution in [0, 0.1) is 0 Å². The molecule has 0 bridgehead atoms. The standard InChI is InChI=1S/C19H21F3N2O/c1-2-3-5-13-8-9-14-6-4-7-15(16(14)12-13)18(19(20,21)22)24-11-10-17(25)23-24/h4,6-9,12,18H,2-3,5,10-11H2,1H3,(H,23,25)/t18-/m0/s1. The number of hydrogen-bond donors (Lipinski definition) is 1. The molecule has 0 radical (unpaired) electrons. The van der Waals surface area contributed by atoms with Gasteiger partial charge in [0, 0.05) is 13.0 Å². The molecule has 1 heterocycles. The summed E-state index contributed by atoms with van der Waals surface area (Å²) in [6.45, 7) is 2.14. The topological polar surface area (TPSA) is 32.3 Å². The van der Waals surface area contributed by atoms with Crippen LogP contribution in [0.15, 0.2) is 36.4 Å². The maximum Gasteiger partial charge on any atom is 0.409 e. The van der Waals surface area contributed by atoms with E-state index in [-0.39, 0.29) is 24.4 Å². The molecule has 0 unspecified atom stereocenters. The summed E-state index contributed by atoms with van der Waals surface area (Å²) in [5.74, 6) is -0.377. The van der Waals surface area contributed by atoms with Crippen LogP contribution in [0.5, 0.6) is 0 Å². The molecule has 1 saturated heterocycles. The highest BCUT2D eigenvalue weighted by atomic mass is 19.4. The lowest BCUT2D eigenvalue weighted by atomic mass is 9.95. The van der Waals surface area contributed by atoms with Crippen molar-refractivity contribution in [2.45, 2.75) is 44.8 Å². The highest BCUT2D eigenvalue weighted by Crippen LogP contribution is 2.40. The quantitative estimate of drug-likeness (QED) is 0.860. The van der Waals surface area contributed by atoms with Crippen molar-refractivity contribution < 1.29 is 18.0 Å². The summed E-state index contributed by atoms with van der Waals surface area (Å²) in [5.41, 5.74) is 3.57. The molecule has 1 aliphatic heterocycles. The van der Waals surface area contributed by atoms with E-state index in [4.69, 9.17) is 0 Å². The Kier molecular flexibility index (Phi) is 4.99. The summed E-state index contributed by atoms with van der Waals surface area (Å²) >= 11 is 0. The fourth-order valence-electron chi connectivity index (χ4n) is 3.33. The summed E-state index contributed by atoms with van der Waals surface area (Å²) in [4.78, 5) is 11.4. The number of hydrogen-bond acceptors (Lipinski definition) is 2. The van der Waals surface area contributed by atoms with E-state index in [9.17, 15) is 18.0 Å². The maximum atomic E-state index is 13.8. The summed E-state index contributed by atoms with van der Waals surface area (Å²) in [6, 6.07) is 8.83. The van der Waals surface area contributed by atoms with Gasteiger partial charge in [-0.15, -0.1) is 0 Å². The molecule has 134 valence electrons. The first kappa shape index (κ1) is 17.7. The molecule has 3 rings (SSSR count). The molecule has 1 N–H and O–H groups in total. The normalized spacial score (nSPS) is 17.0. The van der Waals surface area contributed by atoms with E-state index in [0.29, 0.717) is 5.39 Å². The van der Waals surface area contributed by atoms with Gasteiger partial charge in [0.05, 0.1) is 0 Å². The van der Waals surface area contributed by atoms with Gasteiger partial charge in [-0.25, -0.2) is 5.01 Å². The monoisotopic (exact) mass is 350 g/mol. The Morgan fingerprint density at radius 3 is 2.68 bits per heavy atom. The smallest absolute Gasteiger partial charge is 0.288 e. The molecule has 1 amide bonds. The molecule has 25 heavy (non-hydrogen) atoms. The third-order valence-electron chi connectivity index (χ3n) is 4.56. The molecule has 3 nitrogen and oxygen atoms in total. The van der Waals surface area contributed by atoms with Crippen LogP contribution in [0.2, 0.25) is 0 Å². The van der Waals surface area contributed by atoms with Gasteiger partial charge in [-0.1, -0.05) is 49.7 Å². The average molecular weight is 350 g/mol. The van der Waals surface area contributed by atoms with Gasteiger partial charge in [0.1, 0.15) is 0 Å². The molecule has 1 aliphatic rings. The third kappa shape index (κ3) is 3.79. The van der Waals surface area contributed by atoms with Crippen molar-refractivity contribution in [1.29, 1.82) is 0 Å². The number of halogens is 3. The molecule has 1 fully saturated rings. The molecular weight excluding hydrogens is 329 g/mol. The van der Waals surface area contributed by atoms with Crippen LogP contribution < -0.4 is 5.43 Å². The number of amides is 1. The van der Waals surface area contributed by atoms with Gasteiger partial charge in [-0.05, 0) is 34.7 Å². The van der Waals surface area contributed by atoms with Gasteiger partial charge in [-0.3, -0.25) is 10.2 Å². The van der Waals surface area contributed by atoms with E-state index in [0.717, 1.165) is 35.2 Å². The van der Waals surface area contributed by atoms with Crippen LogP contribution in [-0.4, -0.2) is 23.6 Å². The lowest BCUT2D eigenvalue weighted by Crippen LogP contribution is -2.43.